The maximum absolute atomic E-state index is 11.5. The molecule has 4 heteroatoms. The molecule has 2 rings (SSSR count). The molecule has 3 nitrogen and oxygen atoms in total. The molecule has 0 aliphatic carbocycles. The van der Waals surface area contributed by atoms with Crippen molar-refractivity contribution < 1.29 is 4.79 Å². The first-order valence-electron chi connectivity index (χ1n) is 4.22. The zero-order chi connectivity index (χ0) is 9.97. The maximum Gasteiger partial charge on any atom is 0.238 e. The summed E-state index contributed by atoms with van der Waals surface area (Å²) in [4.78, 5) is 14.1. The first kappa shape index (κ1) is 9.10. The Morgan fingerprint density at radius 3 is 3.07 bits per heavy atom. The van der Waals surface area contributed by atoms with Gasteiger partial charge in [0, 0.05) is 4.90 Å². The van der Waals surface area contributed by atoms with Crippen LogP contribution in [-0.4, -0.2) is 18.2 Å². The molecular weight excluding hydrogens is 196 g/mol. The number of carbonyl (C=O) groups is 1. The fraction of sp³-hybridized carbons (Fsp3) is 0.200. The number of para-hydroxylation sites is 1. The third kappa shape index (κ3) is 1.47. The van der Waals surface area contributed by atoms with Crippen LogP contribution in [0.3, 0.4) is 0 Å². The smallest absolute Gasteiger partial charge is 0.238 e. The van der Waals surface area contributed by atoms with E-state index in [0.29, 0.717) is 5.75 Å². The summed E-state index contributed by atoms with van der Waals surface area (Å²) < 4.78 is 0. The van der Waals surface area contributed by atoms with Crippen molar-refractivity contribution in [2.75, 3.05) is 17.2 Å². The molecule has 1 aromatic rings. The number of nitrogens with zero attached hydrogens (tertiary/aromatic N) is 2. The van der Waals surface area contributed by atoms with Crippen molar-refractivity contribution in [1.82, 2.24) is 0 Å². The standard InChI is InChI=1S/C10H8N2OS/c11-5-6-12-8-3-1-2-4-9(8)14-7-10(12)13/h1-4H,6-7H2. The van der Waals surface area contributed by atoms with Crippen molar-refractivity contribution in [2.45, 2.75) is 4.90 Å². The molecule has 1 amide bonds. The highest BCUT2D eigenvalue weighted by atomic mass is 32.2. The lowest BCUT2D eigenvalue weighted by Crippen LogP contribution is -2.35. The molecule has 1 aliphatic rings. The van der Waals surface area contributed by atoms with Gasteiger partial charge in [0.1, 0.15) is 6.54 Å². The van der Waals surface area contributed by atoms with Crippen molar-refractivity contribution in [2.24, 2.45) is 0 Å². The van der Waals surface area contributed by atoms with Crippen molar-refractivity contribution >= 4 is 23.4 Å². The van der Waals surface area contributed by atoms with E-state index in [-0.39, 0.29) is 12.5 Å². The van der Waals surface area contributed by atoms with Crippen molar-refractivity contribution in [3.05, 3.63) is 24.3 Å². The van der Waals surface area contributed by atoms with E-state index in [1.807, 2.05) is 30.3 Å². The Hall–Kier alpha value is -1.47. The average Bonchev–Trinajstić information content (AvgIpc) is 2.23. The van der Waals surface area contributed by atoms with E-state index in [1.165, 1.54) is 16.7 Å². The fourth-order valence-corrected chi connectivity index (χ4v) is 2.33. The van der Waals surface area contributed by atoms with Crippen LogP contribution in [0.25, 0.3) is 0 Å². The molecule has 0 saturated carbocycles. The predicted octanol–water partition coefficient (Wildman–Crippen LogP) is 1.65. The van der Waals surface area contributed by atoms with Crippen LogP contribution in [0.1, 0.15) is 0 Å². The minimum absolute atomic E-state index is 0.00949. The molecule has 70 valence electrons. The quantitative estimate of drug-likeness (QED) is 0.653. The van der Waals surface area contributed by atoms with Gasteiger partial charge in [-0.05, 0) is 12.1 Å². The molecule has 1 aromatic carbocycles. The number of hydrogen-bond acceptors (Lipinski definition) is 3. The van der Waals surface area contributed by atoms with Gasteiger partial charge in [-0.1, -0.05) is 12.1 Å². The van der Waals surface area contributed by atoms with Gasteiger partial charge >= 0.3 is 0 Å². The molecule has 0 unspecified atom stereocenters. The van der Waals surface area contributed by atoms with E-state index in [1.54, 1.807) is 0 Å². The Kier molecular flexibility index (Phi) is 2.42. The van der Waals surface area contributed by atoms with Crippen LogP contribution < -0.4 is 4.90 Å². The third-order valence-corrected chi connectivity index (χ3v) is 3.08. The lowest BCUT2D eigenvalue weighted by atomic mass is 10.2. The summed E-state index contributed by atoms with van der Waals surface area (Å²) >= 11 is 1.53. The van der Waals surface area contributed by atoms with Crippen molar-refractivity contribution in [1.29, 1.82) is 5.26 Å². The van der Waals surface area contributed by atoms with Gasteiger partial charge in [-0.2, -0.15) is 5.26 Å². The van der Waals surface area contributed by atoms with Crippen LogP contribution >= 0.6 is 11.8 Å². The highest BCUT2D eigenvalue weighted by molar-refractivity contribution is 8.00. The Morgan fingerprint density at radius 2 is 2.29 bits per heavy atom. The topological polar surface area (TPSA) is 44.1 Å². The lowest BCUT2D eigenvalue weighted by molar-refractivity contribution is -0.116. The Labute approximate surface area is 86.3 Å². The van der Waals surface area contributed by atoms with Gasteiger partial charge in [0.2, 0.25) is 5.91 Å². The summed E-state index contributed by atoms with van der Waals surface area (Å²) in [6.45, 7) is 0.135. The summed E-state index contributed by atoms with van der Waals surface area (Å²) in [5, 5.41) is 8.61. The zero-order valence-corrected chi connectivity index (χ0v) is 8.25. The second-order valence-corrected chi connectivity index (χ2v) is 3.91. The molecule has 1 aliphatic heterocycles. The second-order valence-electron chi connectivity index (χ2n) is 2.89. The second kappa shape index (κ2) is 3.72. The first-order valence-corrected chi connectivity index (χ1v) is 5.20. The summed E-state index contributed by atoms with van der Waals surface area (Å²) in [5.74, 6) is 0.439. The number of rotatable bonds is 1. The van der Waals surface area contributed by atoms with E-state index >= 15 is 0 Å². The SMILES string of the molecule is N#CCN1C(=O)CSc2ccccc21. The molecule has 0 atom stereocenters. The van der Waals surface area contributed by atoms with Gasteiger partial charge in [-0.3, -0.25) is 9.69 Å². The van der Waals surface area contributed by atoms with E-state index in [0.717, 1.165) is 10.6 Å². The minimum Gasteiger partial charge on any atom is -0.297 e. The van der Waals surface area contributed by atoms with Crippen LogP contribution in [0.2, 0.25) is 0 Å². The zero-order valence-electron chi connectivity index (χ0n) is 7.43. The van der Waals surface area contributed by atoms with Crippen LogP contribution in [0.5, 0.6) is 0 Å². The van der Waals surface area contributed by atoms with Crippen LogP contribution in [0, 0.1) is 11.3 Å². The Balaban J connectivity index is 2.42. The average molecular weight is 204 g/mol. The fourth-order valence-electron chi connectivity index (χ4n) is 1.40. The summed E-state index contributed by atoms with van der Waals surface area (Å²) in [6, 6.07) is 9.66. The van der Waals surface area contributed by atoms with Gasteiger partial charge in [0.15, 0.2) is 0 Å². The summed E-state index contributed by atoms with van der Waals surface area (Å²) in [6.07, 6.45) is 0. The first-order chi connectivity index (χ1) is 6.83. The maximum atomic E-state index is 11.5. The van der Waals surface area contributed by atoms with Crippen LogP contribution in [0.15, 0.2) is 29.2 Å². The largest absolute Gasteiger partial charge is 0.297 e. The third-order valence-electron chi connectivity index (χ3n) is 2.04. The van der Waals surface area contributed by atoms with Gasteiger partial charge in [-0.15, -0.1) is 11.8 Å². The van der Waals surface area contributed by atoms with E-state index in [2.05, 4.69) is 0 Å². The van der Waals surface area contributed by atoms with E-state index in [9.17, 15) is 4.79 Å². The molecule has 0 saturated heterocycles. The molecule has 0 radical (unpaired) electrons. The van der Waals surface area contributed by atoms with Gasteiger partial charge in [0.25, 0.3) is 0 Å². The predicted molar refractivity (Wildman–Crippen MR) is 55.1 cm³/mol. The minimum atomic E-state index is 0.00949. The van der Waals surface area contributed by atoms with Gasteiger partial charge in [0.05, 0.1) is 17.5 Å². The van der Waals surface area contributed by atoms with Gasteiger partial charge < -0.3 is 0 Å². The number of fused-ring (bicyclic) bond motifs is 1. The van der Waals surface area contributed by atoms with Gasteiger partial charge in [-0.25, -0.2) is 0 Å². The van der Waals surface area contributed by atoms with Crippen molar-refractivity contribution in [3.8, 4) is 6.07 Å². The highest BCUT2D eigenvalue weighted by Gasteiger charge is 2.23. The monoisotopic (exact) mass is 204 g/mol. The number of thioether (sulfide) groups is 1. The molecule has 0 bridgehead atoms. The molecule has 1 heterocycles. The van der Waals surface area contributed by atoms with E-state index in [4.69, 9.17) is 5.26 Å². The molecule has 14 heavy (non-hydrogen) atoms. The van der Waals surface area contributed by atoms with Crippen molar-refractivity contribution in [3.63, 3.8) is 0 Å². The number of carbonyl (C=O) groups excluding carboxylic acids is 1. The normalized spacial score (nSPS) is 14.8. The number of nitriles is 1. The number of anilines is 1. The molecule has 0 N–H and O–H groups in total. The number of hydrogen-bond donors (Lipinski definition) is 0. The molecule has 0 spiro atoms. The Morgan fingerprint density at radius 1 is 1.50 bits per heavy atom. The summed E-state index contributed by atoms with van der Waals surface area (Å²) in [7, 11) is 0. The molecule has 0 aromatic heterocycles. The molecule has 0 fully saturated rings. The van der Waals surface area contributed by atoms with E-state index < -0.39 is 0 Å². The van der Waals surface area contributed by atoms with Crippen LogP contribution in [0.4, 0.5) is 5.69 Å². The Bertz CT molecular complexity index is 411. The summed E-state index contributed by atoms with van der Waals surface area (Å²) in [5.41, 5.74) is 0.857. The van der Waals surface area contributed by atoms with Crippen LogP contribution in [-0.2, 0) is 4.79 Å². The highest BCUT2D eigenvalue weighted by Crippen LogP contribution is 2.34. The molecular formula is C10H8N2OS. The number of amides is 1. The lowest BCUT2D eigenvalue weighted by Gasteiger charge is -2.26. The number of benzene rings is 1.